The second-order valence-electron chi connectivity index (χ2n) is 13.2. The van der Waals surface area contributed by atoms with E-state index in [0.717, 1.165) is 22.1 Å². The first-order valence-electron chi connectivity index (χ1n) is 16.8. The summed E-state index contributed by atoms with van der Waals surface area (Å²) in [5.41, 5.74) is 1.98. The van der Waals surface area contributed by atoms with Crippen LogP contribution in [0.5, 0.6) is 11.5 Å². The first kappa shape index (κ1) is 36.2. The molecule has 15 heteroatoms. The molecule has 0 bridgehead atoms. The first-order chi connectivity index (χ1) is 25.8. The van der Waals surface area contributed by atoms with Crippen LogP contribution in [-0.4, -0.2) is 90.6 Å². The number of aromatic amines is 1. The van der Waals surface area contributed by atoms with Crippen LogP contribution >= 0.6 is 0 Å². The molecule has 1 aliphatic rings. The monoisotopic (exact) mass is 740 g/mol. The van der Waals surface area contributed by atoms with Crippen molar-refractivity contribution >= 4 is 33.8 Å². The van der Waals surface area contributed by atoms with Crippen molar-refractivity contribution in [1.29, 1.82) is 0 Å². The fraction of sp³-hybridized carbons (Fsp3) is 0.256. The number of nitrogens with one attached hydrogen (secondary N) is 1. The highest BCUT2D eigenvalue weighted by molar-refractivity contribution is 5.93. The highest BCUT2D eigenvalue weighted by atomic mass is 16.8. The molecule has 7 rings (SSSR count). The number of aliphatic carboxylic acids is 1. The minimum Gasteiger partial charge on any atom is -0.508 e. The number of aryl methyl sites for hydroxylation is 2. The summed E-state index contributed by atoms with van der Waals surface area (Å²) >= 11 is 0. The van der Waals surface area contributed by atoms with Gasteiger partial charge in [-0.25, -0.2) is 0 Å². The highest BCUT2D eigenvalue weighted by Gasteiger charge is 2.59. The summed E-state index contributed by atoms with van der Waals surface area (Å²) in [5.74, 6) is -2.46. The van der Waals surface area contributed by atoms with Gasteiger partial charge in [-0.1, -0.05) is 29.3 Å². The number of aliphatic hydroxyl groups is 3. The molecule has 5 unspecified atom stereocenters. The third kappa shape index (κ3) is 6.88. The minimum absolute atomic E-state index is 0.0371. The number of carbonyl (C=O) groups excluding carboxylic acids is 1. The summed E-state index contributed by atoms with van der Waals surface area (Å²) in [7, 11) is 0. The maximum atomic E-state index is 13.4. The van der Waals surface area contributed by atoms with Gasteiger partial charge in [-0.15, -0.1) is 0 Å². The third-order valence-corrected chi connectivity index (χ3v) is 9.26. The van der Waals surface area contributed by atoms with Gasteiger partial charge in [0.1, 0.15) is 54.3 Å². The summed E-state index contributed by atoms with van der Waals surface area (Å²) in [6, 6.07) is 18.1. The molecular formula is C39H36N2O13. The Balaban J connectivity index is 1.27. The second kappa shape index (κ2) is 14.4. The molecule has 6 N–H and O–H groups in total. The molecule has 0 saturated carbocycles. The summed E-state index contributed by atoms with van der Waals surface area (Å²) in [6.07, 6.45) is -3.07. The van der Waals surface area contributed by atoms with Crippen molar-refractivity contribution in [3.63, 3.8) is 0 Å². The van der Waals surface area contributed by atoms with Crippen LogP contribution in [0, 0.1) is 13.8 Å². The van der Waals surface area contributed by atoms with Crippen LogP contribution in [0.25, 0.3) is 44.3 Å². The molecule has 280 valence electrons. The number of aromatic nitrogens is 2. The molecule has 5 atom stereocenters. The molecule has 54 heavy (non-hydrogen) atoms. The fourth-order valence-corrected chi connectivity index (χ4v) is 6.68. The smallest absolute Gasteiger partial charge is 0.317 e. The molecule has 1 aliphatic heterocycles. The van der Waals surface area contributed by atoms with Crippen LogP contribution in [0.2, 0.25) is 0 Å². The average molecular weight is 741 g/mol. The number of benzene rings is 3. The Bertz CT molecular complexity index is 2390. The number of H-pyrrole nitrogens is 1. The Hall–Kier alpha value is -6.13. The van der Waals surface area contributed by atoms with E-state index in [-0.39, 0.29) is 33.5 Å². The summed E-state index contributed by atoms with van der Waals surface area (Å²) in [4.78, 5) is 46.2. The number of rotatable bonds is 11. The zero-order chi connectivity index (χ0) is 38.3. The molecule has 1 saturated heterocycles. The van der Waals surface area contributed by atoms with Crippen LogP contribution in [0.15, 0.2) is 94.6 Å². The zero-order valence-electron chi connectivity index (χ0n) is 29.0. The maximum absolute atomic E-state index is 13.4. The second-order valence-corrected chi connectivity index (χ2v) is 13.2. The van der Waals surface area contributed by atoms with E-state index in [1.807, 2.05) is 38.1 Å². The van der Waals surface area contributed by atoms with Gasteiger partial charge in [0.2, 0.25) is 12.4 Å². The molecule has 0 spiro atoms. The van der Waals surface area contributed by atoms with Gasteiger partial charge in [0.05, 0.1) is 29.3 Å². The fourth-order valence-electron chi connectivity index (χ4n) is 6.68. The Morgan fingerprint density at radius 1 is 1.00 bits per heavy atom. The summed E-state index contributed by atoms with van der Waals surface area (Å²) < 4.78 is 24.5. The van der Waals surface area contributed by atoms with Crippen molar-refractivity contribution in [2.75, 3.05) is 13.2 Å². The molecule has 0 radical (unpaired) electrons. The molecule has 15 nitrogen and oxygen atoms in total. The lowest BCUT2D eigenvalue weighted by molar-refractivity contribution is -0.328. The molecule has 4 heterocycles. The van der Waals surface area contributed by atoms with Gasteiger partial charge in [0.25, 0.3) is 0 Å². The van der Waals surface area contributed by atoms with Crippen molar-refractivity contribution < 1.29 is 58.6 Å². The summed E-state index contributed by atoms with van der Waals surface area (Å²) in [6.45, 7) is 2.10. The topological polar surface area (TPSA) is 223 Å². The molecule has 1 fully saturated rings. The SMILES string of the molecule is Cc1cc(C)cc(-c2c3[nH]ccc3cn2OC2C(Oc3ccc4c(=O)c(-c5ccc(O)cc5)coc4c3)OC(COC(=O)CC(=O)O)C(O)C2(O)CO)c1. The number of hydrogen-bond donors (Lipinski definition) is 6. The number of ether oxygens (including phenoxy) is 3. The molecule has 0 aliphatic carbocycles. The Labute approximate surface area is 306 Å². The number of aromatic hydroxyl groups is 1. The molecule has 3 aromatic heterocycles. The van der Waals surface area contributed by atoms with Crippen LogP contribution in [0.3, 0.4) is 0 Å². The number of phenols is 1. The number of nitrogens with zero attached hydrogens (tertiary/aromatic N) is 1. The van der Waals surface area contributed by atoms with Gasteiger partial charge >= 0.3 is 11.9 Å². The molecule has 3 aromatic carbocycles. The number of carboxylic acids is 1. The van der Waals surface area contributed by atoms with Crippen LogP contribution < -0.4 is 15.0 Å². The van der Waals surface area contributed by atoms with E-state index in [1.165, 1.54) is 41.3 Å². The molecule has 6 aromatic rings. The third-order valence-electron chi connectivity index (χ3n) is 9.26. The van der Waals surface area contributed by atoms with E-state index < -0.39 is 61.8 Å². The minimum atomic E-state index is -2.52. The van der Waals surface area contributed by atoms with Gasteiger partial charge in [0, 0.05) is 23.2 Å². The van der Waals surface area contributed by atoms with Gasteiger partial charge in [-0.2, -0.15) is 4.73 Å². The molecule has 0 amide bonds. The highest BCUT2D eigenvalue weighted by Crippen LogP contribution is 2.36. The van der Waals surface area contributed by atoms with Crippen LogP contribution in [-0.2, 0) is 19.1 Å². The number of hydrogen-bond acceptors (Lipinski definition) is 12. The lowest BCUT2D eigenvalue weighted by Gasteiger charge is -2.48. The van der Waals surface area contributed by atoms with Crippen LogP contribution in [0.4, 0.5) is 0 Å². The lowest BCUT2D eigenvalue weighted by atomic mass is 9.84. The van der Waals surface area contributed by atoms with Crippen molar-refractivity contribution in [3.05, 3.63) is 107 Å². The Kier molecular flexibility index (Phi) is 9.64. The van der Waals surface area contributed by atoms with Crippen molar-refractivity contribution in [3.8, 4) is 33.9 Å². The standard InChI is InChI=1S/C39H36N2O13/c1-20-11-21(2)13-24(12-20)34-33-23(9-10-40-33)16-41(34)54-37-38(53-30(36(48)39(37,49)19-42)18-51-32(46)15-31(44)45)52-26-7-8-27-29(14-26)50-17-28(35(27)47)22-3-5-25(43)6-4-22/h3-14,16-17,30,36-38,40,42-43,48-49H,15,18-19H2,1-2H3,(H,44,45). The van der Waals surface area contributed by atoms with E-state index in [4.69, 9.17) is 28.6 Å². The molecular weight excluding hydrogens is 704 g/mol. The van der Waals surface area contributed by atoms with Gasteiger partial charge in [-0.05, 0) is 61.9 Å². The lowest BCUT2D eigenvalue weighted by Crippen LogP contribution is -2.72. The van der Waals surface area contributed by atoms with E-state index in [0.29, 0.717) is 16.8 Å². The van der Waals surface area contributed by atoms with E-state index in [1.54, 1.807) is 24.5 Å². The number of carboxylic acid groups (broad SMARTS) is 1. The van der Waals surface area contributed by atoms with E-state index >= 15 is 0 Å². The van der Waals surface area contributed by atoms with Gasteiger partial charge in [-0.3, -0.25) is 14.4 Å². The van der Waals surface area contributed by atoms with Gasteiger partial charge in [0.15, 0.2) is 11.0 Å². The number of aliphatic hydroxyl groups excluding tert-OH is 2. The van der Waals surface area contributed by atoms with E-state index in [9.17, 15) is 34.8 Å². The Morgan fingerprint density at radius 3 is 2.44 bits per heavy atom. The average Bonchev–Trinajstić information content (AvgIpc) is 3.72. The van der Waals surface area contributed by atoms with Crippen molar-refractivity contribution in [2.45, 2.75) is 50.5 Å². The number of esters is 1. The maximum Gasteiger partial charge on any atom is 0.317 e. The van der Waals surface area contributed by atoms with E-state index in [2.05, 4.69) is 4.98 Å². The summed E-state index contributed by atoms with van der Waals surface area (Å²) in [5, 5.41) is 53.7. The largest absolute Gasteiger partial charge is 0.508 e. The normalized spacial score (nSPS) is 21.3. The number of carbonyl (C=O) groups is 2. The predicted molar refractivity (Wildman–Crippen MR) is 192 cm³/mol. The van der Waals surface area contributed by atoms with Crippen molar-refractivity contribution in [2.24, 2.45) is 0 Å². The first-order valence-corrected chi connectivity index (χ1v) is 16.8. The predicted octanol–water partition coefficient (Wildman–Crippen LogP) is 3.44. The number of phenolic OH excluding ortho intramolecular Hbond substituents is 1. The quantitative estimate of drug-likeness (QED) is 0.0829. The van der Waals surface area contributed by atoms with Crippen molar-refractivity contribution in [1.82, 2.24) is 9.71 Å². The Morgan fingerprint density at radius 2 is 1.74 bits per heavy atom. The van der Waals surface area contributed by atoms with Gasteiger partial charge < -0.3 is 54.0 Å². The van der Waals surface area contributed by atoms with Crippen LogP contribution in [0.1, 0.15) is 17.5 Å². The zero-order valence-corrected chi connectivity index (χ0v) is 29.0. The number of fused-ring (bicyclic) bond motifs is 2.